The number of carbonyl (C=O) groups excluding carboxylic acids is 2. The van der Waals surface area contributed by atoms with E-state index in [1.807, 2.05) is 0 Å². The first-order valence-corrected chi connectivity index (χ1v) is 9.96. The first-order valence-electron chi connectivity index (χ1n) is 9.58. The van der Waals surface area contributed by atoms with E-state index in [4.69, 9.17) is 16.3 Å². The molecule has 0 saturated heterocycles. The average Bonchev–Trinajstić information content (AvgIpc) is 3.29. The third-order valence-electron chi connectivity index (χ3n) is 4.48. The number of ether oxygens (including phenoxy) is 1. The van der Waals surface area contributed by atoms with Crippen molar-refractivity contribution in [2.45, 2.75) is 19.4 Å². The van der Waals surface area contributed by atoms with Crippen LogP contribution in [0.25, 0.3) is 0 Å². The lowest BCUT2D eigenvalue weighted by Gasteiger charge is -2.13. The smallest absolute Gasteiger partial charge is 0.249 e. The predicted molar refractivity (Wildman–Crippen MR) is 120 cm³/mol. The fraction of sp³-hybridized carbons (Fsp3) is 0.238. The fourth-order valence-corrected chi connectivity index (χ4v) is 2.95. The Labute approximate surface area is 184 Å². The Hall–Kier alpha value is -3.59. The molecule has 3 N–H and O–H groups in total. The van der Waals surface area contributed by atoms with E-state index in [-0.39, 0.29) is 18.2 Å². The maximum Gasteiger partial charge on any atom is 0.249 e. The minimum absolute atomic E-state index is 0.148. The summed E-state index contributed by atoms with van der Waals surface area (Å²) in [6.07, 6.45) is 3.12. The number of anilines is 3. The number of rotatable bonds is 9. The molecule has 162 valence electrons. The molecule has 9 nitrogen and oxygen atoms in total. The molecule has 0 aliphatic carbocycles. The van der Waals surface area contributed by atoms with Crippen LogP contribution in [-0.4, -0.2) is 40.2 Å². The van der Waals surface area contributed by atoms with Crippen molar-refractivity contribution in [3.05, 3.63) is 60.1 Å². The van der Waals surface area contributed by atoms with Gasteiger partial charge in [-0.05, 0) is 49.4 Å². The van der Waals surface area contributed by atoms with E-state index in [0.717, 1.165) is 5.69 Å². The van der Waals surface area contributed by atoms with Gasteiger partial charge in [0.15, 0.2) is 0 Å². The van der Waals surface area contributed by atoms with E-state index in [0.29, 0.717) is 28.7 Å². The van der Waals surface area contributed by atoms with Crippen molar-refractivity contribution >= 4 is 40.5 Å². The Morgan fingerprint density at radius 2 is 1.84 bits per heavy atom. The maximum absolute atomic E-state index is 12.3. The molecule has 0 aliphatic heterocycles. The van der Waals surface area contributed by atoms with E-state index in [9.17, 15) is 9.59 Å². The number of aromatic nitrogens is 3. The second-order valence-electron chi connectivity index (χ2n) is 6.69. The quantitative estimate of drug-likeness (QED) is 0.467. The highest BCUT2D eigenvalue weighted by Crippen LogP contribution is 2.27. The Bertz CT molecular complexity index is 1020. The van der Waals surface area contributed by atoms with Gasteiger partial charge in [-0.1, -0.05) is 11.6 Å². The summed E-state index contributed by atoms with van der Waals surface area (Å²) in [5.74, 6) is 0.287. The summed E-state index contributed by atoms with van der Waals surface area (Å²) >= 11 is 6.00. The van der Waals surface area contributed by atoms with Crippen molar-refractivity contribution in [1.29, 1.82) is 0 Å². The van der Waals surface area contributed by atoms with Crippen LogP contribution in [-0.2, 0) is 9.59 Å². The van der Waals surface area contributed by atoms with Crippen LogP contribution >= 0.6 is 11.6 Å². The number of nitrogens with one attached hydrogen (secondary N) is 3. The molecule has 3 aromatic rings. The van der Waals surface area contributed by atoms with Gasteiger partial charge in [-0.3, -0.25) is 9.59 Å². The fourth-order valence-electron chi connectivity index (χ4n) is 2.77. The van der Waals surface area contributed by atoms with E-state index in [2.05, 4.69) is 26.0 Å². The standard InChI is InChI=1S/C21H23ClN6O3/c1-14(28-13-23-12-25-28)21(30)27-17-6-4-16(5-7-17)26-20(29)9-10-24-18-11-15(22)3-8-19(18)31-2/h3-8,11-14,24H,9-10H2,1-2H3,(H,26,29)(H,27,30). The molecule has 1 unspecified atom stereocenters. The number of nitrogens with zero attached hydrogens (tertiary/aromatic N) is 3. The molecule has 0 radical (unpaired) electrons. The van der Waals surface area contributed by atoms with Gasteiger partial charge in [0.2, 0.25) is 11.8 Å². The summed E-state index contributed by atoms with van der Waals surface area (Å²) < 4.78 is 6.74. The Balaban J connectivity index is 1.46. The van der Waals surface area contributed by atoms with Gasteiger partial charge in [0, 0.05) is 29.4 Å². The average molecular weight is 443 g/mol. The molecule has 1 heterocycles. The first kappa shape index (κ1) is 22.1. The number of carbonyl (C=O) groups is 2. The van der Waals surface area contributed by atoms with Gasteiger partial charge in [0.1, 0.15) is 24.4 Å². The zero-order valence-electron chi connectivity index (χ0n) is 17.1. The molecule has 1 atom stereocenters. The molecule has 3 rings (SSSR count). The molecule has 2 aromatic carbocycles. The van der Waals surface area contributed by atoms with Crippen LogP contribution in [0.1, 0.15) is 19.4 Å². The van der Waals surface area contributed by atoms with Gasteiger partial charge in [0.25, 0.3) is 0 Å². The van der Waals surface area contributed by atoms with Crippen LogP contribution in [0.15, 0.2) is 55.1 Å². The van der Waals surface area contributed by atoms with Crippen molar-refractivity contribution < 1.29 is 14.3 Å². The van der Waals surface area contributed by atoms with E-state index >= 15 is 0 Å². The second kappa shape index (κ2) is 10.4. The summed E-state index contributed by atoms with van der Waals surface area (Å²) in [5.41, 5.74) is 1.97. The van der Waals surface area contributed by atoms with Crippen molar-refractivity contribution in [3.8, 4) is 5.75 Å². The zero-order valence-corrected chi connectivity index (χ0v) is 17.9. The minimum Gasteiger partial charge on any atom is -0.495 e. The van der Waals surface area contributed by atoms with Crippen LogP contribution in [0.3, 0.4) is 0 Å². The lowest BCUT2D eigenvalue weighted by molar-refractivity contribution is -0.119. The summed E-state index contributed by atoms with van der Waals surface area (Å²) in [6, 6.07) is 11.6. The molecule has 0 bridgehead atoms. The molecule has 0 fully saturated rings. The van der Waals surface area contributed by atoms with Gasteiger partial charge >= 0.3 is 0 Å². The molecular weight excluding hydrogens is 420 g/mol. The predicted octanol–water partition coefficient (Wildman–Crippen LogP) is 3.58. The Morgan fingerprint density at radius 3 is 2.48 bits per heavy atom. The highest BCUT2D eigenvalue weighted by atomic mass is 35.5. The first-order chi connectivity index (χ1) is 15.0. The molecule has 0 aliphatic rings. The number of amides is 2. The van der Waals surface area contributed by atoms with Gasteiger partial charge in [0.05, 0.1) is 12.8 Å². The summed E-state index contributed by atoms with van der Waals surface area (Å²) in [6.45, 7) is 2.14. The Morgan fingerprint density at radius 1 is 1.13 bits per heavy atom. The van der Waals surface area contributed by atoms with E-state index in [1.54, 1.807) is 56.5 Å². The largest absolute Gasteiger partial charge is 0.495 e. The topological polar surface area (TPSA) is 110 Å². The number of halogens is 1. The SMILES string of the molecule is COc1ccc(Cl)cc1NCCC(=O)Nc1ccc(NC(=O)C(C)n2cncn2)cc1. The molecule has 2 amide bonds. The molecule has 1 aromatic heterocycles. The van der Waals surface area contributed by atoms with Gasteiger partial charge in [-0.2, -0.15) is 5.10 Å². The number of methoxy groups -OCH3 is 1. The molecule has 10 heteroatoms. The van der Waals surface area contributed by atoms with Crippen molar-refractivity contribution in [3.63, 3.8) is 0 Å². The summed E-state index contributed by atoms with van der Waals surface area (Å²) in [4.78, 5) is 28.3. The molecular formula is C21H23ClN6O3. The van der Waals surface area contributed by atoms with Crippen LogP contribution in [0, 0.1) is 0 Å². The van der Waals surface area contributed by atoms with Crippen molar-refractivity contribution in [2.75, 3.05) is 29.6 Å². The third kappa shape index (κ3) is 6.19. The summed E-state index contributed by atoms with van der Waals surface area (Å²) in [7, 11) is 1.57. The van der Waals surface area contributed by atoms with Crippen LogP contribution in [0.5, 0.6) is 5.75 Å². The third-order valence-corrected chi connectivity index (χ3v) is 4.71. The Kier molecular flexibility index (Phi) is 7.45. The minimum atomic E-state index is -0.493. The monoisotopic (exact) mass is 442 g/mol. The van der Waals surface area contributed by atoms with Gasteiger partial charge < -0.3 is 20.7 Å². The molecule has 31 heavy (non-hydrogen) atoms. The number of benzene rings is 2. The number of hydrogen-bond donors (Lipinski definition) is 3. The zero-order chi connectivity index (χ0) is 22.2. The summed E-state index contributed by atoms with van der Waals surface area (Å²) in [5, 5.41) is 13.3. The van der Waals surface area contributed by atoms with Crippen molar-refractivity contribution in [1.82, 2.24) is 14.8 Å². The van der Waals surface area contributed by atoms with Gasteiger partial charge in [-0.25, -0.2) is 9.67 Å². The number of hydrogen-bond acceptors (Lipinski definition) is 6. The van der Waals surface area contributed by atoms with E-state index < -0.39 is 6.04 Å². The van der Waals surface area contributed by atoms with Crippen molar-refractivity contribution in [2.24, 2.45) is 0 Å². The maximum atomic E-state index is 12.3. The molecule has 0 spiro atoms. The lowest BCUT2D eigenvalue weighted by Crippen LogP contribution is -2.24. The normalized spacial score (nSPS) is 11.5. The molecule has 0 saturated carbocycles. The van der Waals surface area contributed by atoms with Crippen LogP contribution in [0.4, 0.5) is 17.1 Å². The van der Waals surface area contributed by atoms with Crippen LogP contribution < -0.4 is 20.7 Å². The van der Waals surface area contributed by atoms with Crippen LogP contribution in [0.2, 0.25) is 5.02 Å². The highest BCUT2D eigenvalue weighted by Gasteiger charge is 2.15. The lowest BCUT2D eigenvalue weighted by atomic mass is 10.2. The van der Waals surface area contributed by atoms with Gasteiger partial charge in [-0.15, -0.1) is 0 Å². The second-order valence-corrected chi connectivity index (χ2v) is 7.12. The van der Waals surface area contributed by atoms with E-state index in [1.165, 1.54) is 17.3 Å². The highest BCUT2D eigenvalue weighted by molar-refractivity contribution is 6.30.